The number of carbonyl (C=O) groups is 1. The van der Waals surface area contributed by atoms with E-state index >= 15 is 0 Å². The minimum Gasteiger partial charge on any atom is -0.474 e. The predicted octanol–water partition coefficient (Wildman–Crippen LogP) is 4.22. The van der Waals surface area contributed by atoms with E-state index in [2.05, 4.69) is 5.16 Å². The number of hydroxylamine groups is 2. The molecule has 1 heterocycles. The van der Waals surface area contributed by atoms with Gasteiger partial charge in [-0.15, -0.1) is 0 Å². The lowest BCUT2D eigenvalue weighted by Gasteiger charge is -2.26. The van der Waals surface area contributed by atoms with Crippen molar-refractivity contribution in [3.63, 3.8) is 0 Å². The summed E-state index contributed by atoms with van der Waals surface area (Å²) in [6, 6.07) is 6.82. The zero-order valence-electron chi connectivity index (χ0n) is 13.6. The van der Waals surface area contributed by atoms with Crippen LogP contribution in [0.1, 0.15) is 20.8 Å². The van der Waals surface area contributed by atoms with Crippen LogP contribution >= 0.6 is 23.2 Å². The molecule has 2 rings (SSSR count). The van der Waals surface area contributed by atoms with Crippen molar-refractivity contribution in [3.05, 3.63) is 34.3 Å². The summed E-state index contributed by atoms with van der Waals surface area (Å²) in [5, 5.41) is 5.80. The van der Waals surface area contributed by atoms with Crippen molar-refractivity contribution < 1.29 is 18.9 Å². The third kappa shape index (κ3) is 5.12. The van der Waals surface area contributed by atoms with Gasteiger partial charge in [-0.25, -0.2) is 5.06 Å². The largest absolute Gasteiger partial charge is 0.474 e. The maximum absolute atomic E-state index is 11.0. The first kappa shape index (κ1) is 18.6. The average molecular weight is 373 g/mol. The molecule has 1 aromatic heterocycles. The lowest BCUT2D eigenvalue weighted by molar-refractivity contribution is -0.217. The van der Waals surface area contributed by atoms with E-state index in [-0.39, 0.29) is 19.0 Å². The molecule has 8 heteroatoms. The molecule has 0 radical (unpaired) electrons. The standard InChI is InChI=1S/C16H18Cl2N2O4/c1-16(2,3)24-20(10-21)7-8-22-14-9-13(23-19-14)11-5-4-6-12(17)15(11)18/h4-6,9-10H,7-8H2,1-3H3. The molecule has 24 heavy (non-hydrogen) atoms. The zero-order chi connectivity index (χ0) is 17.7. The van der Waals surface area contributed by atoms with Gasteiger partial charge in [0.2, 0.25) is 6.41 Å². The highest BCUT2D eigenvalue weighted by Crippen LogP contribution is 2.34. The van der Waals surface area contributed by atoms with Gasteiger partial charge in [-0.1, -0.05) is 29.3 Å². The van der Waals surface area contributed by atoms with E-state index in [1.54, 1.807) is 24.3 Å². The smallest absolute Gasteiger partial charge is 0.254 e. The third-order valence-corrected chi connectivity index (χ3v) is 3.59. The maximum atomic E-state index is 11.0. The van der Waals surface area contributed by atoms with Gasteiger partial charge in [-0.2, -0.15) is 0 Å². The van der Waals surface area contributed by atoms with Crippen molar-refractivity contribution in [1.82, 2.24) is 10.2 Å². The van der Waals surface area contributed by atoms with Crippen LogP contribution in [0.15, 0.2) is 28.8 Å². The quantitative estimate of drug-likeness (QED) is 0.537. The lowest BCUT2D eigenvalue weighted by atomic mass is 10.2. The Labute approximate surface area is 150 Å². The molecule has 0 spiro atoms. The minimum absolute atomic E-state index is 0.198. The number of hydrogen-bond acceptors (Lipinski definition) is 5. The summed E-state index contributed by atoms with van der Waals surface area (Å²) in [7, 11) is 0. The summed E-state index contributed by atoms with van der Waals surface area (Å²) in [6.07, 6.45) is 0.606. The van der Waals surface area contributed by atoms with Gasteiger partial charge in [0.1, 0.15) is 6.61 Å². The Kier molecular flexibility index (Phi) is 6.10. The summed E-state index contributed by atoms with van der Waals surface area (Å²) >= 11 is 12.1. The third-order valence-electron chi connectivity index (χ3n) is 2.78. The fraction of sp³-hybridized carbons (Fsp3) is 0.375. The molecule has 130 valence electrons. The number of rotatable bonds is 7. The summed E-state index contributed by atoms with van der Waals surface area (Å²) in [5.74, 6) is 0.721. The molecule has 0 aliphatic carbocycles. The first-order valence-corrected chi connectivity index (χ1v) is 8.01. The van der Waals surface area contributed by atoms with Gasteiger partial charge in [0.05, 0.1) is 22.2 Å². The molecular weight excluding hydrogens is 355 g/mol. The van der Waals surface area contributed by atoms with Crippen molar-refractivity contribution >= 4 is 29.6 Å². The maximum Gasteiger partial charge on any atom is 0.254 e. The SMILES string of the molecule is CC(C)(C)ON(C=O)CCOc1cc(-c2cccc(Cl)c2Cl)on1. The van der Waals surface area contributed by atoms with Crippen LogP contribution in [0, 0.1) is 0 Å². The van der Waals surface area contributed by atoms with Crippen LogP contribution < -0.4 is 4.74 Å². The number of aromatic nitrogens is 1. The second-order valence-corrected chi connectivity index (χ2v) is 6.71. The molecule has 6 nitrogen and oxygen atoms in total. The Morgan fingerprint density at radius 3 is 2.75 bits per heavy atom. The number of ether oxygens (including phenoxy) is 1. The Balaban J connectivity index is 1.95. The van der Waals surface area contributed by atoms with Crippen molar-refractivity contribution in [2.24, 2.45) is 0 Å². The van der Waals surface area contributed by atoms with Crippen LogP contribution in [0.25, 0.3) is 11.3 Å². The van der Waals surface area contributed by atoms with E-state index in [1.165, 1.54) is 5.06 Å². The molecule has 0 unspecified atom stereocenters. The molecule has 0 bridgehead atoms. The number of amides is 1. The van der Waals surface area contributed by atoms with E-state index in [9.17, 15) is 4.79 Å². The van der Waals surface area contributed by atoms with Gasteiger partial charge in [-0.05, 0) is 38.1 Å². The van der Waals surface area contributed by atoms with Gasteiger partial charge < -0.3 is 9.26 Å². The number of nitrogens with zero attached hydrogens (tertiary/aromatic N) is 2. The van der Waals surface area contributed by atoms with Crippen LogP contribution in [0.4, 0.5) is 0 Å². The Morgan fingerprint density at radius 2 is 2.08 bits per heavy atom. The van der Waals surface area contributed by atoms with Gasteiger partial charge in [-0.3, -0.25) is 9.63 Å². The predicted molar refractivity (Wildman–Crippen MR) is 91.1 cm³/mol. The summed E-state index contributed by atoms with van der Waals surface area (Å²) in [6.45, 7) is 6.00. The number of halogens is 2. The fourth-order valence-electron chi connectivity index (χ4n) is 1.86. The molecule has 0 aliphatic rings. The molecule has 1 amide bonds. The van der Waals surface area contributed by atoms with Gasteiger partial charge in [0.25, 0.3) is 5.88 Å². The normalized spacial score (nSPS) is 11.4. The fourth-order valence-corrected chi connectivity index (χ4v) is 2.25. The first-order chi connectivity index (χ1) is 11.3. The molecule has 0 aliphatic heterocycles. The van der Waals surface area contributed by atoms with Crippen LogP contribution in [0.2, 0.25) is 10.0 Å². The van der Waals surface area contributed by atoms with Gasteiger partial charge >= 0.3 is 0 Å². The molecule has 1 aromatic carbocycles. The van der Waals surface area contributed by atoms with E-state index in [0.29, 0.717) is 27.8 Å². The second kappa shape index (κ2) is 7.88. The van der Waals surface area contributed by atoms with E-state index in [0.717, 1.165) is 0 Å². The molecule has 0 fully saturated rings. The van der Waals surface area contributed by atoms with Crippen LogP contribution in [-0.4, -0.2) is 35.4 Å². The number of hydrogen-bond donors (Lipinski definition) is 0. The van der Waals surface area contributed by atoms with Crippen LogP contribution in [-0.2, 0) is 9.63 Å². The molecule has 0 saturated heterocycles. The van der Waals surface area contributed by atoms with E-state index < -0.39 is 5.60 Å². The highest BCUT2D eigenvalue weighted by molar-refractivity contribution is 6.43. The highest BCUT2D eigenvalue weighted by atomic mass is 35.5. The highest BCUT2D eigenvalue weighted by Gasteiger charge is 2.17. The summed E-state index contributed by atoms with van der Waals surface area (Å²) in [4.78, 5) is 16.4. The number of benzene rings is 1. The zero-order valence-corrected chi connectivity index (χ0v) is 15.1. The first-order valence-electron chi connectivity index (χ1n) is 7.25. The monoisotopic (exact) mass is 372 g/mol. The van der Waals surface area contributed by atoms with Crippen molar-refractivity contribution in [2.45, 2.75) is 26.4 Å². The molecular formula is C16H18Cl2N2O4. The van der Waals surface area contributed by atoms with E-state index in [1.807, 2.05) is 20.8 Å². The van der Waals surface area contributed by atoms with Crippen LogP contribution in [0.3, 0.4) is 0 Å². The van der Waals surface area contributed by atoms with Crippen molar-refractivity contribution in [1.29, 1.82) is 0 Å². The Hall–Kier alpha value is -1.76. The van der Waals surface area contributed by atoms with Gasteiger partial charge in [0.15, 0.2) is 5.76 Å². The summed E-state index contributed by atoms with van der Waals surface area (Å²) in [5.41, 5.74) is 0.155. The van der Waals surface area contributed by atoms with Crippen LogP contribution in [0.5, 0.6) is 5.88 Å². The Bertz CT molecular complexity index is 698. The molecule has 0 saturated carbocycles. The van der Waals surface area contributed by atoms with Crippen molar-refractivity contribution in [2.75, 3.05) is 13.2 Å². The van der Waals surface area contributed by atoms with E-state index in [4.69, 9.17) is 37.3 Å². The lowest BCUT2D eigenvalue weighted by Crippen LogP contribution is -2.35. The van der Waals surface area contributed by atoms with Gasteiger partial charge in [0, 0.05) is 11.6 Å². The Morgan fingerprint density at radius 1 is 1.33 bits per heavy atom. The summed E-state index contributed by atoms with van der Waals surface area (Å²) < 4.78 is 10.7. The molecule has 0 atom stereocenters. The second-order valence-electron chi connectivity index (χ2n) is 5.93. The number of carbonyl (C=O) groups excluding carboxylic acids is 1. The van der Waals surface area contributed by atoms with Crippen molar-refractivity contribution in [3.8, 4) is 17.2 Å². The minimum atomic E-state index is -0.467. The topological polar surface area (TPSA) is 64.8 Å². The molecule has 2 aromatic rings. The average Bonchev–Trinajstić information content (AvgIpc) is 2.96. The molecule has 0 N–H and O–H groups in total.